The van der Waals surface area contributed by atoms with E-state index in [1.54, 1.807) is 12.1 Å². The third-order valence-electron chi connectivity index (χ3n) is 2.46. The number of halogens is 1. The molecule has 1 amide bonds. The van der Waals surface area contributed by atoms with E-state index in [-0.39, 0.29) is 11.7 Å². The van der Waals surface area contributed by atoms with Crippen molar-refractivity contribution in [3.8, 4) is 6.07 Å². The van der Waals surface area contributed by atoms with Crippen molar-refractivity contribution in [2.45, 2.75) is 12.8 Å². The first-order valence-corrected chi connectivity index (χ1v) is 5.85. The molecule has 0 aromatic heterocycles. The molecule has 1 atom stereocenters. The molecule has 0 saturated heterocycles. The van der Waals surface area contributed by atoms with Gasteiger partial charge in [0.1, 0.15) is 5.82 Å². The van der Waals surface area contributed by atoms with E-state index >= 15 is 0 Å². The van der Waals surface area contributed by atoms with Crippen molar-refractivity contribution in [2.75, 3.05) is 25.5 Å². The molecular formula is C13H17FN3O+. The van der Waals surface area contributed by atoms with Crippen molar-refractivity contribution >= 4 is 11.6 Å². The molecule has 4 nitrogen and oxygen atoms in total. The number of hydrogen-bond donors (Lipinski definition) is 2. The molecule has 0 spiro atoms. The van der Waals surface area contributed by atoms with E-state index in [0.717, 1.165) is 17.9 Å². The highest BCUT2D eigenvalue weighted by atomic mass is 19.1. The van der Waals surface area contributed by atoms with E-state index in [0.29, 0.717) is 18.7 Å². The van der Waals surface area contributed by atoms with Crippen LogP contribution in [0.2, 0.25) is 0 Å². The molecule has 0 radical (unpaired) electrons. The van der Waals surface area contributed by atoms with E-state index in [2.05, 4.69) is 11.4 Å². The lowest BCUT2D eigenvalue weighted by Gasteiger charge is -2.12. The Morgan fingerprint density at radius 2 is 2.33 bits per heavy atom. The van der Waals surface area contributed by atoms with Crippen LogP contribution in [0.4, 0.5) is 10.1 Å². The summed E-state index contributed by atoms with van der Waals surface area (Å²) < 4.78 is 12.9. The van der Waals surface area contributed by atoms with Crippen LogP contribution in [0, 0.1) is 17.1 Å². The number of nitrogens with zero attached hydrogens (tertiary/aromatic N) is 1. The van der Waals surface area contributed by atoms with Crippen molar-refractivity contribution < 1.29 is 14.1 Å². The highest BCUT2D eigenvalue weighted by molar-refractivity contribution is 5.91. The summed E-state index contributed by atoms with van der Waals surface area (Å²) in [5, 5.41) is 11.0. The van der Waals surface area contributed by atoms with Crippen molar-refractivity contribution in [3.05, 3.63) is 30.1 Å². The zero-order valence-corrected chi connectivity index (χ0v) is 10.4. The predicted molar refractivity (Wildman–Crippen MR) is 66.5 cm³/mol. The van der Waals surface area contributed by atoms with Gasteiger partial charge in [0.15, 0.2) is 6.54 Å². The maximum absolute atomic E-state index is 12.9. The molecule has 0 bridgehead atoms. The fourth-order valence-electron chi connectivity index (χ4n) is 1.60. The quantitative estimate of drug-likeness (QED) is 0.726. The van der Waals surface area contributed by atoms with Gasteiger partial charge in [-0.05, 0) is 18.2 Å². The number of benzene rings is 1. The fraction of sp³-hybridized carbons (Fsp3) is 0.385. The van der Waals surface area contributed by atoms with Gasteiger partial charge in [-0.25, -0.2) is 4.39 Å². The fourth-order valence-corrected chi connectivity index (χ4v) is 1.60. The van der Waals surface area contributed by atoms with E-state index in [1.165, 1.54) is 12.1 Å². The standard InChI is InChI=1S/C13H16FN3O/c1-17(8-3-2-7-15)10-13(18)16-12-6-4-5-11(14)9-12/h4-6,9H,2-3,8,10H2,1H3,(H,16,18)/p+1. The molecule has 0 aliphatic carbocycles. The summed E-state index contributed by atoms with van der Waals surface area (Å²) >= 11 is 0. The van der Waals surface area contributed by atoms with Gasteiger partial charge in [-0.2, -0.15) is 5.26 Å². The minimum absolute atomic E-state index is 0.157. The number of nitriles is 1. The molecule has 0 fully saturated rings. The van der Waals surface area contributed by atoms with Crippen molar-refractivity contribution in [1.29, 1.82) is 5.26 Å². The number of unbranched alkanes of at least 4 members (excludes halogenated alkanes) is 1. The summed E-state index contributed by atoms with van der Waals surface area (Å²) in [4.78, 5) is 12.7. The number of likely N-dealkylation sites (N-methyl/N-ethyl adjacent to an activating group) is 1. The second-order valence-electron chi connectivity index (χ2n) is 4.20. The molecular weight excluding hydrogens is 233 g/mol. The van der Waals surface area contributed by atoms with Crippen LogP contribution in [-0.2, 0) is 4.79 Å². The molecule has 5 heteroatoms. The topological polar surface area (TPSA) is 57.3 Å². The van der Waals surface area contributed by atoms with Crippen molar-refractivity contribution in [2.24, 2.45) is 0 Å². The third-order valence-corrected chi connectivity index (χ3v) is 2.46. The first-order valence-electron chi connectivity index (χ1n) is 5.85. The van der Waals surface area contributed by atoms with Crippen LogP contribution in [0.1, 0.15) is 12.8 Å². The van der Waals surface area contributed by atoms with Crippen LogP contribution in [-0.4, -0.2) is 26.0 Å². The number of amides is 1. The Hall–Kier alpha value is -1.93. The molecule has 0 heterocycles. The van der Waals surface area contributed by atoms with Crippen molar-refractivity contribution in [3.63, 3.8) is 0 Å². The highest BCUT2D eigenvalue weighted by Gasteiger charge is 2.09. The highest BCUT2D eigenvalue weighted by Crippen LogP contribution is 2.08. The molecule has 2 N–H and O–H groups in total. The smallest absolute Gasteiger partial charge is 0.279 e. The normalized spacial score (nSPS) is 11.6. The van der Waals surface area contributed by atoms with Gasteiger partial charge >= 0.3 is 0 Å². The van der Waals surface area contributed by atoms with Gasteiger partial charge in [-0.15, -0.1) is 0 Å². The minimum Gasteiger partial charge on any atom is -0.330 e. The summed E-state index contributed by atoms with van der Waals surface area (Å²) in [6, 6.07) is 7.87. The summed E-state index contributed by atoms with van der Waals surface area (Å²) in [7, 11) is 1.89. The Balaban J connectivity index is 2.35. The molecule has 0 saturated carbocycles. The number of anilines is 1. The number of hydrogen-bond acceptors (Lipinski definition) is 2. The minimum atomic E-state index is -0.373. The summed E-state index contributed by atoms with van der Waals surface area (Å²) in [5.74, 6) is -0.530. The molecule has 1 aromatic rings. The van der Waals surface area contributed by atoms with E-state index in [1.807, 2.05) is 7.05 Å². The van der Waals surface area contributed by atoms with Gasteiger partial charge in [-0.1, -0.05) is 6.07 Å². The molecule has 1 rings (SSSR count). The maximum Gasteiger partial charge on any atom is 0.279 e. The van der Waals surface area contributed by atoms with E-state index in [9.17, 15) is 9.18 Å². The van der Waals surface area contributed by atoms with Crippen LogP contribution in [0.25, 0.3) is 0 Å². The molecule has 1 aromatic carbocycles. The molecule has 1 unspecified atom stereocenters. The molecule has 0 aliphatic heterocycles. The average molecular weight is 250 g/mol. The maximum atomic E-state index is 12.9. The largest absolute Gasteiger partial charge is 0.330 e. The van der Waals surface area contributed by atoms with Crippen LogP contribution in [0.3, 0.4) is 0 Å². The predicted octanol–water partition coefficient (Wildman–Crippen LogP) is 0.583. The van der Waals surface area contributed by atoms with Gasteiger partial charge in [0.05, 0.1) is 19.7 Å². The lowest BCUT2D eigenvalue weighted by atomic mass is 10.3. The lowest BCUT2D eigenvalue weighted by molar-refractivity contribution is -0.871. The van der Waals surface area contributed by atoms with Crippen LogP contribution < -0.4 is 10.2 Å². The van der Waals surface area contributed by atoms with Gasteiger partial charge < -0.3 is 10.2 Å². The Morgan fingerprint density at radius 1 is 1.56 bits per heavy atom. The summed E-state index contributed by atoms with van der Waals surface area (Å²) in [5.41, 5.74) is 0.463. The summed E-state index contributed by atoms with van der Waals surface area (Å²) in [6.07, 6.45) is 1.28. The zero-order valence-electron chi connectivity index (χ0n) is 10.4. The second kappa shape index (κ2) is 7.41. The number of nitrogens with one attached hydrogen (secondary N) is 2. The Morgan fingerprint density at radius 3 is 3.00 bits per heavy atom. The Kier molecular flexibility index (Phi) is 5.81. The summed E-state index contributed by atoms with van der Waals surface area (Å²) in [6.45, 7) is 1.08. The van der Waals surface area contributed by atoms with E-state index in [4.69, 9.17) is 5.26 Å². The van der Waals surface area contributed by atoms with Crippen molar-refractivity contribution in [1.82, 2.24) is 0 Å². The first kappa shape index (κ1) is 14.1. The number of carbonyl (C=O) groups is 1. The van der Waals surface area contributed by atoms with Gasteiger partial charge in [-0.3, -0.25) is 4.79 Å². The molecule has 0 aliphatic rings. The second-order valence-corrected chi connectivity index (χ2v) is 4.20. The number of carbonyl (C=O) groups excluding carboxylic acids is 1. The SMILES string of the molecule is C[NH+](CCCC#N)CC(=O)Nc1cccc(F)c1. The van der Waals surface area contributed by atoms with E-state index < -0.39 is 0 Å². The molecule has 96 valence electrons. The third kappa shape index (κ3) is 5.41. The van der Waals surface area contributed by atoms with Crippen LogP contribution in [0.5, 0.6) is 0 Å². The monoisotopic (exact) mass is 250 g/mol. The Bertz CT molecular complexity index is 442. The van der Waals surface area contributed by atoms with Gasteiger partial charge in [0.2, 0.25) is 0 Å². The van der Waals surface area contributed by atoms with Gasteiger partial charge in [0, 0.05) is 18.5 Å². The lowest BCUT2D eigenvalue weighted by Crippen LogP contribution is -3.10. The number of rotatable bonds is 6. The average Bonchev–Trinajstić information content (AvgIpc) is 2.29. The van der Waals surface area contributed by atoms with Crippen LogP contribution >= 0.6 is 0 Å². The number of quaternary nitrogens is 1. The van der Waals surface area contributed by atoms with Gasteiger partial charge in [0.25, 0.3) is 5.91 Å². The first-order chi connectivity index (χ1) is 8.61. The van der Waals surface area contributed by atoms with Crippen LogP contribution in [0.15, 0.2) is 24.3 Å². The zero-order chi connectivity index (χ0) is 13.4. The molecule has 18 heavy (non-hydrogen) atoms. The Labute approximate surface area is 106 Å².